The minimum atomic E-state index is 0.458. The van der Waals surface area contributed by atoms with Crippen molar-refractivity contribution in [3.8, 4) is 6.07 Å². The van der Waals surface area contributed by atoms with Crippen LogP contribution >= 0.6 is 0 Å². The molecule has 0 amide bonds. The monoisotopic (exact) mass is 252 g/mol. The molecule has 2 aromatic heterocycles. The number of aryl methyl sites for hydroxylation is 1. The molecule has 2 aromatic rings. The molecular weight excluding hydrogens is 236 g/mol. The third-order valence-electron chi connectivity index (χ3n) is 2.77. The number of pyridine rings is 2. The standard InChI is InChI=1S/C15H16N4/c1-12-4-3-5-14(18-12)11-19(2)10-13-6-7-17-15(8-13)9-16/h3-8H,10-11H2,1-2H3. The molecule has 0 aliphatic carbocycles. The number of nitriles is 1. The van der Waals surface area contributed by atoms with Gasteiger partial charge in [-0.2, -0.15) is 5.26 Å². The summed E-state index contributed by atoms with van der Waals surface area (Å²) in [5.41, 5.74) is 3.62. The molecule has 96 valence electrons. The van der Waals surface area contributed by atoms with Crippen molar-refractivity contribution in [2.75, 3.05) is 7.05 Å². The quantitative estimate of drug-likeness (QED) is 0.837. The molecule has 4 heteroatoms. The summed E-state index contributed by atoms with van der Waals surface area (Å²) in [5.74, 6) is 0. The summed E-state index contributed by atoms with van der Waals surface area (Å²) in [4.78, 5) is 10.6. The fraction of sp³-hybridized carbons (Fsp3) is 0.267. The summed E-state index contributed by atoms with van der Waals surface area (Å²) < 4.78 is 0. The average Bonchev–Trinajstić information content (AvgIpc) is 2.38. The van der Waals surface area contributed by atoms with Gasteiger partial charge in [-0.3, -0.25) is 9.88 Å². The van der Waals surface area contributed by atoms with Crippen LogP contribution in [-0.2, 0) is 13.1 Å². The second-order valence-electron chi connectivity index (χ2n) is 4.60. The van der Waals surface area contributed by atoms with Crippen molar-refractivity contribution in [1.82, 2.24) is 14.9 Å². The Labute approximate surface area is 113 Å². The van der Waals surface area contributed by atoms with E-state index >= 15 is 0 Å². The van der Waals surface area contributed by atoms with Crippen molar-refractivity contribution in [3.63, 3.8) is 0 Å². The van der Waals surface area contributed by atoms with Crippen LogP contribution in [0.1, 0.15) is 22.6 Å². The van der Waals surface area contributed by atoms with Crippen LogP contribution in [0, 0.1) is 18.3 Å². The molecule has 0 spiro atoms. The van der Waals surface area contributed by atoms with Crippen LogP contribution in [0.3, 0.4) is 0 Å². The summed E-state index contributed by atoms with van der Waals surface area (Å²) in [6, 6.07) is 11.8. The molecule has 0 unspecified atom stereocenters. The van der Waals surface area contributed by atoms with Gasteiger partial charge in [0, 0.05) is 25.0 Å². The Balaban J connectivity index is 2.01. The van der Waals surface area contributed by atoms with E-state index < -0.39 is 0 Å². The zero-order valence-electron chi connectivity index (χ0n) is 11.2. The highest BCUT2D eigenvalue weighted by Gasteiger charge is 2.04. The first-order valence-electron chi connectivity index (χ1n) is 6.13. The average molecular weight is 252 g/mol. The summed E-state index contributed by atoms with van der Waals surface area (Å²) >= 11 is 0. The maximum absolute atomic E-state index is 8.83. The molecule has 0 radical (unpaired) electrons. The number of rotatable bonds is 4. The second-order valence-corrected chi connectivity index (χ2v) is 4.60. The molecular formula is C15H16N4. The topological polar surface area (TPSA) is 52.8 Å². The molecule has 0 saturated heterocycles. The molecule has 19 heavy (non-hydrogen) atoms. The molecule has 2 heterocycles. The highest BCUT2D eigenvalue weighted by Crippen LogP contribution is 2.08. The predicted molar refractivity (Wildman–Crippen MR) is 73.1 cm³/mol. The lowest BCUT2D eigenvalue weighted by Crippen LogP contribution is -2.18. The molecule has 0 fully saturated rings. The molecule has 2 rings (SSSR count). The van der Waals surface area contributed by atoms with Crippen LogP contribution in [0.5, 0.6) is 0 Å². The van der Waals surface area contributed by atoms with Crippen molar-refractivity contribution in [2.45, 2.75) is 20.0 Å². The smallest absolute Gasteiger partial charge is 0.140 e. The van der Waals surface area contributed by atoms with Gasteiger partial charge in [0.25, 0.3) is 0 Å². The van der Waals surface area contributed by atoms with Crippen LogP contribution in [0.4, 0.5) is 0 Å². The lowest BCUT2D eigenvalue weighted by molar-refractivity contribution is 0.315. The van der Waals surface area contributed by atoms with E-state index in [2.05, 4.69) is 20.9 Å². The highest BCUT2D eigenvalue weighted by molar-refractivity contribution is 5.25. The van der Waals surface area contributed by atoms with Crippen molar-refractivity contribution < 1.29 is 0 Å². The second kappa shape index (κ2) is 6.07. The number of hydrogen-bond acceptors (Lipinski definition) is 4. The van der Waals surface area contributed by atoms with Crippen LogP contribution in [0.2, 0.25) is 0 Å². The van der Waals surface area contributed by atoms with Gasteiger partial charge in [0.15, 0.2) is 0 Å². The van der Waals surface area contributed by atoms with E-state index in [1.54, 1.807) is 6.20 Å². The minimum Gasteiger partial charge on any atom is -0.296 e. The Bertz CT molecular complexity index is 601. The Morgan fingerprint density at radius 1 is 1.26 bits per heavy atom. The number of aromatic nitrogens is 2. The third kappa shape index (κ3) is 3.87. The predicted octanol–water partition coefficient (Wildman–Crippen LogP) is 2.29. The van der Waals surface area contributed by atoms with Crippen LogP contribution in [-0.4, -0.2) is 21.9 Å². The van der Waals surface area contributed by atoms with Gasteiger partial charge >= 0.3 is 0 Å². The molecule has 0 aliphatic heterocycles. The van der Waals surface area contributed by atoms with Crippen molar-refractivity contribution in [3.05, 3.63) is 59.2 Å². The van der Waals surface area contributed by atoms with Gasteiger partial charge in [-0.1, -0.05) is 6.07 Å². The van der Waals surface area contributed by atoms with Gasteiger partial charge in [0.1, 0.15) is 11.8 Å². The molecule has 0 saturated carbocycles. The minimum absolute atomic E-state index is 0.458. The third-order valence-corrected chi connectivity index (χ3v) is 2.77. The lowest BCUT2D eigenvalue weighted by Gasteiger charge is -2.16. The maximum Gasteiger partial charge on any atom is 0.140 e. The summed E-state index contributed by atoms with van der Waals surface area (Å²) in [6.45, 7) is 3.55. The first-order valence-corrected chi connectivity index (χ1v) is 6.13. The summed E-state index contributed by atoms with van der Waals surface area (Å²) in [6.07, 6.45) is 1.67. The van der Waals surface area contributed by atoms with E-state index in [1.807, 2.05) is 44.3 Å². The van der Waals surface area contributed by atoms with E-state index in [0.717, 1.165) is 30.0 Å². The largest absolute Gasteiger partial charge is 0.296 e. The fourth-order valence-electron chi connectivity index (χ4n) is 1.97. The molecule has 0 atom stereocenters. The van der Waals surface area contributed by atoms with Gasteiger partial charge in [0.2, 0.25) is 0 Å². The van der Waals surface area contributed by atoms with Crippen molar-refractivity contribution in [2.24, 2.45) is 0 Å². The molecule has 0 N–H and O–H groups in total. The molecule has 0 aliphatic rings. The van der Waals surface area contributed by atoms with Gasteiger partial charge < -0.3 is 0 Å². The highest BCUT2D eigenvalue weighted by atomic mass is 15.1. The molecule has 0 bridgehead atoms. The number of hydrogen-bond donors (Lipinski definition) is 0. The van der Waals surface area contributed by atoms with Crippen LogP contribution in [0.15, 0.2) is 36.5 Å². The van der Waals surface area contributed by atoms with E-state index in [9.17, 15) is 0 Å². The Morgan fingerprint density at radius 2 is 2.11 bits per heavy atom. The van der Waals surface area contributed by atoms with E-state index in [0.29, 0.717) is 5.69 Å². The zero-order chi connectivity index (χ0) is 13.7. The van der Waals surface area contributed by atoms with E-state index in [1.165, 1.54) is 0 Å². The van der Waals surface area contributed by atoms with Gasteiger partial charge in [-0.05, 0) is 43.8 Å². The van der Waals surface area contributed by atoms with E-state index in [-0.39, 0.29) is 0 Å². The SMILES string of the molecule is Cc1cccc(CN(C)Cc2ccnc(C#N)c2)n1. The Kier molecular flexibility index (Phi) is 4.22. The van der Waals surface area contributed by atoms with Gasteiger partial charge in [0.05, 0.1) is 5.69 Å². The maximum atomic E-state index is 8.83. The van der Waals surface area contributed by atoms with Crippen LogP contribution < -0.4 is 0 Å². The Hall–Kier alpha value is -2.25. The fourth-order valence-corrected chi connectivity index (χ4v) is 1.97. The zero-order valence-corrected chi connectivity index (χ0v) is 11.2. The lowest BCUT2D eigenvalue weighted by atomic mass is 10.2. The normalized spacial score (nSPS) is 10.4. The van der Waals surface area contributed by atoms with Crippen LogP contribution in [0.25, 0.3) is 0 Å². The summed E-state index contributed by atoms with van der Waals surface area (Å²) in [7, 11) is 2.04. The molecule has 4 nitrogen and oxygen atoms in total. The van der Waals surface area contributed by atoms with Crippen molar-refractivity contribution in [1.29, 1.82) is 5.26 Å². The summed E-state index contributed by atoms with van der Waals surface area (Å²) in [5, 5.41) is 8.83. The Morgan fingerprint density at radius 3 is 2.84 bits per heavy atom. The van der Waals surface area contributed by atoms with E-state index in [4.69, 9.17) is 5.26 Å². The first-order chi connectivity index (χ1) is 9.17. The first kappa shape index (κ1) is 13.2. The van der Waals surface area contributed by atoms with Gasteiger partial charge in [-0.15, -0.1) is 0 Å². The van der Waals surface area contributed by atoms with Gasteiger partial charge in [-0.25, -0.2) is 4.98 Å². The molecule has 0 aromatic carbocycles. The van der Waals surface area contributed by atoms with Crippen molar-refractivity contribution >= 4 is 0 Å². The number of nitrogens with zero attached hydrogens (tertiary/aromatic N) is 4.